The highest BCUT2D eigenvalue weighted by molar-refractivity contribution is 6.08. The van der Waals surface area contributed by atoms with Crippen molar-refractivity contribution in [3.8, 4) is 11.4 Å². The molecule has 0 aromatic carbocycles. The van der Waals surface area contributed by atoms with E-state index in [1.165, 1.54) is 6.20 Å². The van der Waals surface area contributed by atoms with Crippen LogP contribution in [0.25, 0.3) is 11.4 Å². The number of piperidine rings is 1. The Hall–Kier alpha value is -4.39. The zero-order valence-electron chi connectivity index (χ0n) is 19.3. The van der Waals surface area contributed by atoms with Crippen molar-refractivity contribution in [2.24, 2.45) is 5.73 Å². The minimum Gasteiger partial charge on any atom is -0.464 e. The maximum Gasteiger partial charge on any atom is 0.358 e. The van der Waals surface area contributed by atoms with Gasteiger partial charge in [-0.2, -0.15) is 0 Å². The van der Waals surface area contributed by atoms with E-state index in [1.54, 1.807) is 12.3 Å². The second kappa shape index (κ2) is 10.1. The Balaban J connectivity index is 1.70. The van der Waals surface area contributed by atoms with Gasteiger partial charge in [0.05, 0.1) is 36.1 Å². The van der Waals surface area contributed by atoms with Crippen LogP contribution in [0, 0.1) is 11.6 Å². The Morgan fingerprint density at radius 2 is 1.75 bits per heavy atom. The number of nitrogens with one attached hydrogen (secondary N) is 1. The number of esters is 1. The molecule has 1 amide bonds. The number of rotatable bonds is 5. The number of halogens is 2. The molecule has 188 valence electrons. The number of nitrogens with zero attached hydrogens (tertiary/aromatic N) is 4. The van der Waals surface area contributed by atoms with Crippen molar-refractivity contribution >= 4 is 34.6 Å². The van der Waals surface area contributed by atoms with Crippen LogP contribution >= 0.6 is 0 Å². The van der Waals surface area contributed by atoms with Crippen LogP contribution < -0.4 is 27.4 Å². The average molecular weight is 498 g/mol. The molecule has 0 unspecified atom stereocenters. The van der Waals surface area contributed by atoms with Gasteiger partial charge in [-0.05, 0) is 18.9 Å². The van der Waals surface area contributed by atoms with Crippen molar-refractivity contribution < 1.29 is 23.1 Å². The first kappa shape index (κ1) is 24.7. The lowest BCUT2D eigenvalue weighted by Gasteiger charge is -2.33. The maximum atomic E-state index is 14.8. The van der Waals surface area contributed by atoms with Crippen LogP contribution in [0.15, 0.2) is 30.6 Å². The molecule has 1 aliphatic heterocycles. The summed E-state index contributed by atoms with van der Waals surface area (Å²) in [4.78, 5) is 38.9. The lowest BCUT2D eigenvalue weighted by Crippen LogP contribution is -2.43. The predicted octanol–water partition coefficient (Wildman–Crippen LogP) is 1.95. The SMILES string of the molecule is COC(=O)c1nc(-c2nc(C(=O)Nc3cnccc3N3CCC[C@H](N)C3)c(N)cc2F)c(F)cc1N. The van der Waals surface area contributed by atoms with Crippen LogP contribution in [0.3, 0.4) is 0 Å². The fraction of sp³-hybridized carbons (Fsp3) is 0.261. The van der Waals surface area contributed by atoms with Crippen LogP contribution in [0.5, 0.6) is 0 Å². The summed E-state index contributed by atoms with van der Waals surface area (Å²) in [6.45, 7) is 1.34. The van der Waals surface area contributed by atoms with E-state index in [9.17, 15) is 18.4 Å². The maximum absolute atomic E-state index is 14.8. The van der Waals surface area contributed by atoms with E-state index in [0.717, 1.165) is 38.6 Å². The quantitative estimate of drug-likeness (QED) is 0.380. The van der Waals surface area contributed by atoms with E-state index >= 15 is 0 Å². The highest BCUT2D eigenvalue weighted by atomic mass is 19.1. The first-order valence-corrected chi connectivity index (χ1v) is 11.0. The number of carbonyl (C=O) groups is 2. The van der Waals surface area contributed by atoms with Crippen molar-refractivity contribution in [1.29, 1.82) is 0 Å². The van der Waals surface area contributed by atoms with Gasteiger partial charge in [0.15, 0.2) is 23.0 Å². The third-order valence-electron chi connectivity index (χ3n) is 5.67. The van der Waals surface area contributed by atoms with Crippen molar-refractivity contribution in [3.63, 3.8) is 0 Å². The molecule has 3 aromatic heterocycles. The summed E-state index contributed by atoms with van der Waals surface area (Å²) in [7, 11) is 1.08. The molecule has 0 radical (unpaired) electrons. The monoisotopic (exact) mass is 498 g/mol. The number of carbonyl (C=O) groups excluding carboxylic acids is 2. The van der Waals surface area contributed by atoms with Gasteiger partial charge in [-0.3, -0.25) is 9.78 Å². The summed E-state index contributed by atoms with van der Waals surface area (Å²) < 4.78 is 34.0. The molecule has 0 saturated carbocycles. The second-order valence-electron chi connectivity index (χ2n) is 8.20. The molecule has 1 aliphatic rings. The van der Waals surface area contributed by atoms with E-state index in [0.29, 0.717) is 17.9 Å². The van der Waals surface area contributed by atoms with Gasteiger partial charge in [-0.25, -0.2) is 23.5 Å². The number of nitrogen functional groups attached to an aromatic ring is 2. The number of hydrogen-bond acceptors (Lipinski definition) is 10. The summed E-state index contributed by atoms with van der Waals surface area (Å²) >= 11 is 0. The Morgan fingerprint density at radius 3 is 2.39 bits per heavy atom. The van der Waals surface area contributed by atoms with Gasteiger partial charge < -0.3 is 32.2 Å². The number of hydrogen-bond donors (Lipinski definition) is 4. The van der Waals surface area contributed by atoms with E-state index in [4.69, 9.17) is 17.2 Å². The van der Waals surface area contributed by atoms with Crippen LogP contribution in [0.2, 0.25) is 0 Å². The van der Waals surface area contributed by atoms with E-state index in [-0.39, 0.29) is 23.1 Å². The van der Waals surface area contributed by atoms with Gasteiger partial charge in [-0.15, -0.1) is 0 Å². The largest absolute Gasteiger partial charge is 0.464 e. The van der Waals surface area contributed by atoms with Gasteiger partial charge in [0.25, 0.3) is 5.91 Å². The third kappa shape index (κ3) is 4.86. The van der Waals surface area contributed by atoms with Crippen molar-refractivity contribution in [2.45, 2.75) is 18.9 Å². The topological polar surface area (TPSA) is 175 Å². The van der Waals surface area contributed by atoms with Crippen LogP contribution in [-0.4, -0.2) is 53.1 Å². The molecular formula is C23H24F2N8O3. The van der Waals surface area contributed by atoms with E-state index in [1.807, 2.05) is 4.90 Å². The minimum absolute atomic E-state index is 0.00961. The molecule has 4 rings (SSSR count). The number of nitrogens with two attached hydrogens (primary N) is 3. The highest BCUT2D eigenvalue weighted by Gasteiger charge is 2.25. The Labute approximate surface area is 204 Å². The number of anilines is 4. The molecule has 1 atom stereocenters. The molecule has 4 heterocycles. The number of amides is 1. The number of aromatic nitrogens is 3. The van der Waals surface area contributed by atoms with E-state index < -0.39 is 40.6 Å². The van der Waals surface area contributed by atoms with Crippen LogP contribution in [-0.2, 0) is 4.74 Å². The zero-order valence-corrected chi connectivity index (χ0v) is 19.3. The molecule has 1 saturated heterocycles. The fourth-order valence-corrected chi connectivity index (χ4v) is 3.95. The minimum atomic E-state index is -1.06. The second-order valence-corrected chi connectivity index (χ2v) is 8.20. The van der Waals surface area contributed by atoms with Gasteiger partial charge in [0, 0.05) is 37.5 Å². The van der Waals surface area contributed by atoms with Crippen molar-refractivity contribution in [3.05, 3.63) is 53.6 Å². The summed E-state index contributed by atoms with van der Waals surface area (Å²) in [5.74, 6) is -3.85. The number of pyridine rings is 3. The van der Waals surface area contributed by atoms with Crippen LogP contribution in [0.1, 0.15) is 33.8 Å². The van der Waals surface area contributed by atoms with Gasteiger partial charge >= 0.3 is 5.97 Å². The van der Waals surface area contributed by atoms with Crippen LogP contribution in [0.4, 0.5) is 31.5 Å². The summed E-state index contributed by atoms with van der Waals surface area (Å²) in [5, 5.41) is 2.68. The lowest BCUT2D eigenvalue weighted by atomic mass is 10.1. The molecule has 0 aliphatic carbocycles. The normalized spacial score (nSPS) is 15.4. The Morgan fingerprint density at radius 1 is 1.11 bits per heavy atom. The Bertz CT molecular complexity index is 1340. The smallest absolute Gasteiger partial charge is 0.358 e. The molecule has 36 heavy (non-hydrogen) atoms. The standard InChI is InChI=1S/C23H24F2N8O3/c1-36-23(35)21-15(28)8-13(25)19(32-21)18-12(24)7-14(27)20(31-18)22(34)30-16-9-29-5-4-17(16)33-6-2-3-11(26)10-33/h4-5,7-9,11H,2-3,6,10,26-28H2,1H3,(H,30,34)/t11-/m0/s1. The Kier molecular flexibility index (Phi) is 6.92. The van der Waals surface area contributed by atoms with Crippen molar-refractivity contribution in [2.75, 3.05) is 41.9 Å². The highest BCUT2D eigenvalue weighted by Crippen LogP contribution is 2.30. The molecule has 0 spiro atoms. The molecule has 0 bridgehead atoms. The lowest BCUT2D eigenvalue weighted by molar-refractivity contribution is 0.0595. The van der Waals surface area contributed by atoms with Gasteiger partial charge in [-0.1, -0.05) is 0 Å². The molecular weight excluding hydrogens is 474 g/mol. The first-order chi connectivity index (χ1) is 17.2. The van der Waals surface area contributed by atoms with E-state index in [2.05, 4.69) is 25.0 Å². The summed E-state index contributed by atoms with van der Waals surface area (Å²) in [6, 6.07) is 3.34. The van der Waals surface area contributed by atoms with Crippen molar-refractivity contribution in [1.82, 2.24) is 15.0 Å². The zero-order chi connectivity index (χ0) is 26.0. The number of ether oxygens (including phenoxy) is 1. The first-order valence-electron chi connectivity index (χ1n) is 11.0. The average Bonchev–Trinajstić information content (AvgIpc) is 2.84. The predicted molar refractivity (Wildman–Crippen MR) is 129 cm³/mol. The molecule has 1 fully saturated rings. The summed E-state index contributed by atoms with van der Waals surface area (Å²) in [5.41, 5.74) is 16.0. The molecule has 13 heteroatoms. The number of methoxy groups -OCH3 is 1. The van der Waals surface area contributed by atoms with Gasteiger partial charge in [0.2, 0.25) is 0 Å². The molecule has 3 aromatic rings. The van der Waals surface area contributed by atoms with Gasteiger partial charge in [0.1, 0.15) is 11.4 Å². The fourth-order valence-electron chi connectivity index (χ4n) is 3.95. The molecule has 7 N–H and O–H groups in total. The molecule has 11 nitrogen and oxygen atoms in total. The third-order valence-corrected chi connectivity index (χ3v) is 5.67. The summed E-state index contributed by atoms with van der Waals surface area (Å²) in [6.07, 6.45) is 4.83.